The van der Waals surface area contributed by atoms with E-state index in [0.29, 0.717) is 0 Å². The zero-order valence-corrected chi connectivity index (χ0v) is 24.4. The fourth-order valence-electron chi connectivity index (χ4n) is 6.52. The molecule has 0 saturated carbocycles. The zero-order chi connectivity index (χ0) is 29.7. The van der Waals surface area contributed by atoms with Crippen molar-refractivity contribution >= 4 is 60.9 Å². The first-order valence-electron chi connectivity index (χ1n) is 15.2. The Morgan fingerprint density at radius 2 is 0.867 bits per heavy atom. The minimum atomic E-state index is 0.828. The molecule has 0 radical (unpaired) electrons. The first-order chi connectivity index (χ1) is 22.3. The highest BCUT2D eigenvalue weighted by Crippen LogP contribution is 2.45. The van der Waals surface area contributed by atoms with Gasteiger partial charge in [-0.2, -0.15) is 0 Å². The molecule has 0 fully saturated rings. The van der Waals surface area contributed by atoms with Gasteiger partial charge >= 0.3 is 0 Å². The average Bonchev–Trinajstić information content (AvgIpc) is 3.69. The molecule has 7 aromatic carbocycles. The number of furan rings is 2. The Kier molecular flexibility index (Phi) is 5.82. The number of rotatable bonds is 5. The monoisotopic (exact) mass is 577 g/mol. The fourth-order valence-corrected chi connectivity index (χ4v) is 6.52. The lowest BCUT2D eigenvalue weighted by atomic mass is 10.0. The van der Waals surface area contributed by atoms with Gasteiger partial charge < -0.3 is 13.7 Å². The summed E-state index contributed by atoms with van der Waals surface area (Å²) in [6, 6.07) is 57.2. The second-order valence-electron chi connectivity index (χ2n) is 11.3. The number of hydrogen-bond donors (Lipinski definition) is 0. The van der Waals surface area contributed by atoms with Crippen LogP contribution in [0.2, 0.25) is 0 Å². The molecule has 9 aromatic rings. The van der Waals surface area contributed by atoms with E-state index in [0.717, 1.165) is 60.9 Å². The second kappa shape index (κ2) is 10.3. The van der Waals surface area contributed by atoms with Crippen LogP contribution in [0.4, 0.5) is 17.1 Å². The van der Waals surface area contributed by atoms with Crippen LogP contribution in [0.3, 0.4) is 0 Å². The molecule has 0 amide bonds. The molecule has 45 heavy (non-hydrogen) atoms. The van der Waals surface area contributed by atoms with Gasteiger partial charge in [-0.25, -0.2) is 0 Å². The molecule has 0 spiro atoms. The van der Waals surface area contributed by atoms with Crippen molar-refractivity contribution in [1.82, 2.24) is 0 Å². The molecule has 2 heterocycles. The summed E-state index contributed by atoms with van der Waals surface area (Å²) >= 11 is 0. The Morgan fingerprint density at radius 3 is 1.51 bits per heavy atom. The molecular formula is C42H27NO2. The lowest BCUT2D eigenvalue weighted by Crippen LogP contribution is -2.10. The van der Waals surface area contributed by atoms with E-state index in [4.69, 9.17) is 8.83 Å². The van der Waals surface area contributed by atoms with Crippen molar-refractivity contribution in [2.75, 3.05) is 4.90 Å². The van der Waals surface area contributed by atoms with Gasteiger partial charge in [-0.15, -0.1) is 0 Å². The maximum Gasteiger partial charge on any atom is 0.159 e. The quantitative estimate of drug-likeness (QED) is 0.204. The number of fused-ring (bicyclic) bond motifs is 7. The first-order valence-corrected chi connectivity index (χ1v) is 15.2. The van der Waals surface area contributed by atoms with Crippen LogP contribution in [0.5, 0.6) is 0 Å². The summed E-state index contributed by atoms with van der Waals surface area (Å²) in [6.07, 6.45) is 0. The maximum absolute atomic E-state index is 6.87. The van der Waals surface area contributed by atoms with Gasteiger partial charge in [0.1, 0.15) is 16.7 Å². The summed E-state index contributed by atoms with van der Waals surface area (Å²) in [5.41, 5.74) is 11.2. The van der Waals surface area contributed by atoms with Gasteiger partial charge in [0.2, 0.25) is 0 Å². The van der Waals surface area contributed by atoms with Crippen molar-refractivity contribution in [2.45, 2.75) is 0 Å². The van der Waals surface area contributed by atoms with Crippen LogP contribution in [-0.2, 0) is 0 Å². The third kappa shape index (κ3) is 4.21. The minimum absolute atomic E-state index is 0.828. The van der Waals surface area contributed by atoms with E-state index in [1.165, 1.54) is 22.3 Å². The van der Waals surface area contributed by atoms with Crippen molar-refractivity contribution in [2.24, 2.45) is 0 Å². The van der Waals surface area contributed by atoms with Gasteiger partial charge in [0.05, 0.1) is 11.1 Å². The predicted molar refractivity (Wildman–Crippen MR) is 187 cm³/mol. The number of para-hydroxylation sites is 2. The Hall–Kier alpha value is -6.06. The lowest BCUT2D eigenvalue weighted by molar-refractivity contribution is 0.663. The van der Waals surface area contributed by atoms with Crippen LogP contribution < -0.4 is 4.90 Å². The number of anilines is 3. The molecule has 0 unspecified atom stereocenters. The van der Waals surface area contributed by atoms with Crippen LogP contribution in [0.15, 0.2) is 173 Å². The molecule has 0 aliphatic heterocycles. The molecule has 0 saturated heterocycles. The molecule has 0 aliphatic rings. The van der Waals surface area contributed by atoms with E-state index in [2.05, 4.69) is 138 Å². The molecule has 0 atom stereocenters. The highest BCUT2D eigenvalue weighted by atomic mass is 16.3. The fraction of sp³-hybridized carbons (Fsp3) is 0. The Balaban J connectivity index is 1.25. The van der Waals surface area contributed by atoms with E-state index in [-0.39, 0.29) is 0 Å². The van der Waals surface area contributed by atoms with E-state index in [1.807, 2.05) is 30.3 Å². The summed E-state index contributed by atoms with van der Waals surface area (Å²) in [6.45, 7) is 0. The van der Waals surface area contributed by atoms with Crippen LogP contribution in [0, 0.1) is 0 Å². The molecule has 212 valence electrons. The van der Waals surface area contributed by atoms with Gasteiger partial charge in [0.15, 0.2) is 5.58 Å². The van der Waals surface area contributed by atoms with Crippen molar-refractivity contribution < 1.29 is 8.83 Å². The summed E-state index contributed by atoms with van der Waals surface area (Å²) in [5, 5.41) is 4.21. The molecule has 0 aliphatic carbocycles. The SMILES string of the molecule is c1ccc(-c2ccc(N(c3ccc(-c4ccccc4)cc3)c3cccc4c3oc3c4ccc4oc5ccccc5c43)cc2)cc1. The molecular weight excluding hydrogens is 550 g/mol. The van der Waals surface area contributed by atoms with Gasteiger partial charge in [-0.05, 0) is 70.8 Å². The summed E-state index contributed by atoms with van der Waals surface area (Å²) < 4.78 is 13.1. The molecule has 3 nitrogen and oxygen atoms in total. The van der Waals surface area contributed by atoms with Gasteiger partial charge in [-0.3, -0.25) is 0 Å². The highest BCUT2D eigenvalue weighted by Gasteiger charge is 2.22. The number of nitrogens with zero attached hydrogens (tertiary/aromatic N) is 1. The number of hydrogen-bond acceptors (Lipinski definition) is 3. The van der Waals surface area contributed by atoms with E-state index in [9.17, 15) is 0 Å². The Bertz CT molecular complexity index is 2370. The summed E-state index contributed by atoms with van der Waals surface area (Å²) in [4.78, 5) is 2.29. The van der Waals surface area contributed by atoms with E-state index < -0.39 is 0 Å². The van der Waals surface area contributed by atoms with Crippen molar-refractivity contribution in [3.8, 4) is 22.3 Å². The highest BCUT2D eigenvalue weighted by molar-refractivity contribution is 6.23. The standard InChI is InChI=1S/C42H27NO2/c1-3-10-28(11-4-1)30-18-22-32(23-19-30)43(33-24-20-31(21-25-33)29-12-5-2-6-13-29)37-16-9-15-34-35-26-27-39-40(42(35)45-41(34)37)36-14-7-8-17-38(36)44-39/h1-27H. The van der Waals surface area contributed by atoms with Gasteiger partial charge in [0.25, 0.3) is 0 Å². The topological polar surface area (TPSA) is 29.5 Å². The molecule has 9 rings (SSSR count). The molecule has 0 N–H and O–H groups in total. The van der Waals surface area contributed by atoms with Crippen LogP contribution in [0.25, 0.3) is 66.1 Å². The van der Waals surface area contributed by atoms with Crippen molar-refractivity contribution in [1.29, 1.82) is 0 Å². The number of benzene rings is 7. The minimum Gasteiger partial charge on any atom is -0.456 e. The molecule has 3 heteroatoms. The normalized spacial score (nSPS) is 11.6. The van der Waals surface area contributed by atoms with Crippen LogP contribution in [0.1, 0.15) is 0 Å². The predicted octanol–water partition coefficient (Wildman–Crippen LogP) is 12.3. The lowest BCUT2D eigenvalue weighted by Gasteiger charge is -2.26. The van der Waals surface area contributed by atoms with Gasteiger partial charge in [-0.1, -0.05) is 115 Å². The van der Waals surface area contributed by atoms with E-state index in [1.54, 1.807) is 0 Å². The van der Waals surface area contributed by atoms with Gasteiger partial charge in [0, 0.05) is 27.5 Å². The van der Waals surface area contributed by atoms with Crippen LogP contribution in [-0.4, -0.2) is 0 Å². The first kappa shape index (κ1) is 25.4. The Labute approximate surface area is 260 Å². The smallest absolute Gasteiger partial charge is 0.159 e. The van der Waals surface area contributed by atoms with Crippen molar-refractivity contribution in [3.05, 3.63) is 164 Å². The average molecular weight is 578 g/mol. The van der Waals surface area contributed by atoms with Crippen molar-refractivity contribution in [3.63, 3.8) is 0 Å². The largest absolute Gasteiger partial charge is 0.456 e. The maximum atomic E-state index is 6.87. The third-order valence-corrected chi connectivity index (χ3v) is 8.69. The van der Waals surface area contributed by atoms with Crippen LogP contribution >= 0.6 is 0 Å². The zero-order valence-electron chi connectivity index (χ0n) is 24.4. The summed E-state index contributed by atoms with van der Waals surface area (Å²) in [7, 11) is 0. The molecule has 2 aromatic heterocycles. The van der Waals surface area contributed by atoms with E-state index >= 15 is 0 Å². The second-order valence-corrected chi connectivity index (χ2v) is 11.3. The molecule has 0 bridgehead atoms. The Morgan fingerprint density at radius 1 is 0.333 bits per heavy atom. The summed E-state index contributed by atoms with van der Waals surface area (Å²) in [5.74, 6) is 0. The third-order valence-electron chi connectivity index (χ3n) is 8.69.